The van der Waals surface area contributed by atoms with Crippen LogP contribution in [-0.4, -0.2) is 25.3 Å². The minimum absolute atomic E-state index is 0.0889. The van der Waals surface area contributed by atoms with Crippen LogP contribution in [0.1, 0.15) is 5.56 Å². The molecule has 1 aromatic rings. The van der Waals surface area contributed by atoms with Gasteiger partial charge in [-0.3, -0.25) is 10.1 Å². The molecule has 0 heterocycles. The van der Waals surface area contributed by atoms with E-state index in [2.05, 4.69) is 4.74 Å². The zero-order valence-corrected chi connectivity index (χ0v) is 8.61. The first kappa shape index (κ1) is 12.2. The lowest BCUT2D eigenvalue weighted by molar-refractivity contribution is -0.119. The number of alkyl halides is 1. The number of halogens is 1. The minimum Gasteiger partial charge on any atom is -0.446 e. The van der Waals surface area contributed by atoms with Crippen molar-refractivity contribution in [2.75, 3.05) is 13.3 Å². The number of ether oxygens (including phenoxy) is 1. The summed E-state index contributed by atoms with van der Waals surface area (Å²) in [5.41, 5.74) is 0.790. The van der Waals surface area contributed by atoms with Crippen LogP contribution in [0.15, 0.2) is 30.3 Å². The molecule has 0 aliphatic rings. The first-order valence-electron chi connectivity index (χ1n) is 4.79. The lowest BCUT2D eigenvalue weighted by atomic mass is 10.1. The standard InChI is InChI=1S/C11H12FNO3/c12-6-7-16-11(15)13-10(14)8-9-4-2-1-3-5-9/h1-5H,6-8H2,(H,13,14,15). The average Bonchev–Trinajstić information content (AvgIpc) is 2.27. The number of hydrogen-bond acceptors (Lipinski definition) is 3. The Bertz CT molecular complexity index is 354. The Labute approximate surface area is 92.4 Å². The van der Waals surface area contributed by atoms with Gasteiger partial charge >= 0.3 is 6.09 Å². The number of carbonyl (C=O) groups excluding carboxylic acids is 2. The molecule has 0 radical (unpaired) electrons. The van der Waals surface area contributed by atoms with E-state index in [-0.39, 0.29) is 13.0 Å². The van der Waals surface area contributed by atoms with Crippen molar-refractivity contribution in [1.82, 2.24) is 5.32 Å². The van der Waals surface area contributed by atoms with Crippen LogP contribution in [0.5, 0.6) is 0 Å². The molecule has 0 saturated carbocycles. The Morgan fingerprint density at radius 3 is 2.56 bits per heavy atom. The minimum atomic E-state index is -0.918. The lowest BCUT2D eigenvalue weighted by Crippen LogP contribution is -2.32. The second-order valence-electron chi connectivity index (χ2n) is 3.04. The van der Waals surface area contributed by atoms with Gasteiger partial charge in [0.1, 0.15) is 13.3 Å². The van der Waals surface area contributed by atoms with E-state index in [9.17, 15) is 14.0 Å². The molecule has 5 heteroatoms. The smallest absolute Gasteiger partial charge is 0.413 e. The molecule has 86 valence electrons. The number of imide groups is 1. The van der Waals surface area contributed by atoms with Crippen LogP contribution in [0.2, 0.25) is 0 Å². The Balaban J connectivity index is 2.34. The molecule has 1 aromatic carbocycles. The molecule has 1 N–H and O–H groups in total. The van der Waals surface area contributed by atoms with Crippen molar-refractivity contribution in [2.24, 2.45) is 0 Å². The van der Waals surface area contributed by atoms with Crippen molar-refractivity contribution in [3.63, 3.8) is 0 Å². The zero-order valence-electron chi connectivity index (χ0n) is 8.61. The van der Waals surface area contributed by atoms with Gasteiger partial charge < -0.3 is 4.74 Å². The molecule has 0 saturated heterocycles. The van der Waals surface area contributed by atoms with E-state index < -0.39 is 18.7 Å². The number of benzene rings is 1. The number of nitrogens with one attached hydrogen (secondary N) is 1. The molecule has 0 spiro atoms. The van der Waals surface area contributed by atoms with Gasteiger partial charge in [0.15, 0.2) is 0 Å². The fraction of sp³-hybridized carbons (Fsp3) is 0.273. The molecule has 0 atom stereocenters. The molecular weight excluding hydrogens is 213 g/mol. The van der Waals surface area contributed by atoms with Crippen molar-refractivity contribution in [2.45, 2.75) is 6.42 Å². The summed E-state index contributed by atoms with van der Waals surface area (Å²) >= 11 is 0. The summed E-state index contributed by atoms with van der Waals surface area (Å²) in [6.07, 6.45) is -0.829. The number of alkyl carbamates (subject to hydrolysis) is 1. The Hall–Kier alpha value is -1.91. The Morgan fingerprint density at radius 2 is 1.94 bits per heavy atom. The third-order valence-corrected chi connectivity index (χ3v) is 1.76. The van der Waals surface area contributed by atoms with Gasteiger partial charge in [-0.15, -0.1) is 0 Å². The van der Waals surface area contributed by atoms with Crippen molar-refractivity contribution in [3.8, 4) is 0 Å². The average molecular weight is 225 g/mol. The molecule has 0 bridgehead atoms. The van der Waals surface area contributed by atoms with Crippen LogP contribution in [-0.2, 0) is 16.0 Å². The van der Waals surface area contributed by atoms with E-state index in [1.807, 2.05) is 11.4 Å². The van der Waals surface area contributed by atoms with Crippen LogP contribution in [0.3, 0.4) is 0 Å². The van der Waals surface area contributed by atoms with Gasteiger partial charge in [-0.25, -0.2) is 9.18 Å². The summed E-state index contributed by atoms with van der Waals surface area (Å²) in [6.45, 7) is -1.11. The van der Waals surface area contributed by atoms with Gasteiger partial charge in [-0.1, -0.05) is 30.3 Å². The van der Waals surface area contributed by atoms with Crippen LogP contribution in [0, 0.1) is 0 Å². The number of rotatable bonds is 4. The van der Waals surface area contributed by atoms with Gasteiger partial charge in [-0.2, -0.15) is 0 Å². The first-order chi connectivity index (χ1) is 7.72. The predicted octanol–water partition coefficient (Wildman–Crippen LogP) is 1.45. The predicted molar refractivity (Wildman–Crippen MR) is 55.6 cm³/mol. The molecule has 0 unspecified atom stereocenters. The van der Waals surface area contributed by atoms with Crippen molar-refractivity contribution >= 4 is 12.0 Å². The van der Waals surface area contributed by atoms with E-state index in [4.69, 9.17) is 0 Å². The number of hydrogen-bond donors (Lipinski definition) is 1. The molecule has 0 aliphatic heterocycles. The van der Waals surface area contributed by atoms with Crippen LogP contribution in [0.4, 0.5) is 9.18 Å². The van der Waals surface area contributed by atoms with Crippen molar-refractivity contribution in [3.05, 3.63) is 35.9 Å². The normalized spacial score (nSPS) is 9.56. The van der Waals surface area contributed by atoms with Gasteiger partial charge in [0, 0.05) is 0 Å². The highest BCUT2D eigenvalue weighted by Gasteiger charge is 2.08. The van der Waals surface area contributed by atoms with Gasteiger partial charge in [0.05, 0.1) is 6.42 Å². The summed E-state index contributed by atoms with van der Waals surface area (Å²) in [7, 11) is 0. The maximum atomic E-state index is 11.6. The molecular formula is C11H12FNO3. The number of carbonyl (C=O) groups is 2. The lowest BCUT2D eigenvalue weighted by Gasteiger charge is -2.04. The molecule has 16 heavy (non-hydrogen) atoms. The summed E-state index contributed by atoms with van der Waals surface area (Å²) in [4.78, 5) is 22.2. The Kier molecular flexibility index (Phi) is 4.98. The van der Waals surface area contributed by atoms with E-state index in [0.717, 1.165) is 5.56 Å². The highest BCUT2D eigenvalue weighted by Crippen LogP contribution is 1.99. The first-order valence-corrected chi connectivity index (χ1v) is 4.79. The largest absolute Gasteiger partial charge is 0.446 e. The quantitative estimate of drug-likeness (QED) is 0.843. The zero-order chi connectivity index (χ0) is 11.8. The van der Waals surface area contributed by atoms with Crippen LogP contribution >= 0.6 is 0 Å². The van der Waals surface area contributed by atoms with Gasteiger partial charge in [0.25, 0.3) is 0 Å². The van der Waals surface area contributed by atoms with Crippen LogP contribution in [0.25, 0.3) is 0 Å². The maximum absolute atomic E-state index is 11.6. The van der Waals surface area contributed by atoms with Gasteiger partial charge in [-0.05, 0) is 5.56 Å². The fourth-order valence-electron chi connectivity index (χ4n) is 1.11. The SMILES string of the molecule is O=C(Cc1ccccc1)NC(=O)OCCF. The fourth-order valence-corrected chi connectivity index (χ4v) is 1.11. The summed E-state index contributed by atoms with van der Waals surface area (Å²) in [6, 6.07) is 8.96. The van der Waals surface area contributed by atoms with Gasteiger partial charge in [0.2, 0.25) is 5.91 Å². The molecule has 0 fully saturated rings. The maximum Gasteiger partial charge on any atom is 0.413 e. The van der Waals surface area contributed by atoms with E-state index in [0.29, 0.717) is 0 Å². The van der Waals surface area contributed by atoms with Crippen LogP contribution < -0.4 is 5.32 Å². The molecule has 0 aromatic heterocycles. The Morgan fingerprint density at radius 1 is 1.25 bits per heavy atom. The van der Waals surface area contributed by atoms with E-state index in [1.54, 1.807) is 24.3 Å². The highest BCUT2D eigenvalue weighted by atomic mass is 19.1. The summed E-state index contributed by atoms with van der Waals surface area (Å²) < 4.78 is 16.0. The number of amides is 2. The molecule has 1 rings (SSSR count). The molecule has 2 amide bonds. The third kappa shape index (κ3) is 4.54. The van der Waals surface area contributed by atoms with Crippen molar-refractivity contribution in [1.29, 1.82) is 0 Å². The highest BCUT2D eigenvalue weighted by molar-refractivity contribution is 5.92. The van der Waals surface area contributed by atoms with E-state index >= 15 is 0 Å². The molecule has 4 nitrogen and oxygen atoms in total. The second-order valence-corrected chi connectivity index (χ2v) is 3.04. The third-order valence-electron chi connectivity index (χ3n) is 1.76. The monoisotopic (exact) mass is 225 g/mol. The second kappa shape index (κ2) is 6.55. The van der Waals surface area contributed by atoms with Crippen molar-refractivity contribution < 1.29 is 18.7 Å². The van der Waals surface area contributed by atoms with E-state index in [1.165, 1.54) is 0 Å². The summed E-state index contributed by atoms with van der Waals surface area (Å²) in [5.74, 6) is -0.477. The molecule has 0 aliphatic carbocycles. The summed E-state index contributed by atoms with van der Waals surface area (Å²) in [5, 5.41) is 2.00. The topological polar surface area (TPSA) is 55.4 Å².